The number of carbonyl (C=O) groups excluding carboxylic acids is 2. The average Bonchev–Trinajstić information content (AvgIpc) is 3.22. The maximum absolute atomic E-state index is 13.1. The topological polar surface area (TPSA) is 73.9 Å². The molecule has 3 saturated heterocycles. The SMILES string of the molecule is CC(=O)N1C(C)CN(C(=O)OC2CCCNC2)C2CC(C3CCNC3)CCC21. The van der Waals surface area contributed by atoms with Crippen molar-refractivity contribution in [2.24, 2.45) is 11.8 Å². The first-order chi connectivity index (χ1) is 13.5. The maximum Gasteiger partial charge on any atom is 0.410 e. The Kier molecular flexibility index (Phi) is 6.11. The summed E-state index contributed by atoms with van der Waals surface area (Å²) < 4.78 is 5.89. The van der Waals surface area contributed by atoms with Crippen LogP contribution >= 0.6 is 0 Å². The van der Waals surface area contributed by atoms with E-state index in [1.54, 1.807) is 6.92 Å². The van der Waals surface area contributed by atoms with E-state index in [0.29, 0.717) is 18.4 Å². The van der Waals surface area contributed by atoms with Gasteiger partial charge >= 0.3 is 6.09 Å². The molecule has 0 aromatic carbocycles. The third kappa shape index (κ3) is 4.01. The quantitative estimate of drug-likeness (QED) is 0.746. The second-order valence-electron chi connectivity index (χ2n) is 9.24. The van der Waals surface area contributed by atoms with Crippen LogP contribution in [0.2, 0.25) is 0 Å². The lowest BCUT2D eigenvalue weighted by molar-refractivity contribution is -0.142. The van der Waals surface area contributed by atoms with Gasteiger partial charge in [-0.15, -0.1) is 0 Å². The summed E-state index contributed by atoms with van der Waals surface area (Å²) in [5.74, 6) is 1.46. The zero-order valence-electron chi connectivity index (χ0n) is 17.4. The Hall–Kier alpha value is -1.34. The highest BCUT2D eigenvalue weighted by atomic mass is 16.6. The number of ether oxygens (including phenoxy) is 1. The van der Waals surface area contributed by atoms with Crippen molar-refractivity contribution < 1.29 is 14.3 Å². The molecule has 0 aromatic rings. The second-order valence-corrected chi connectivity index (χ2v) is 9.24. The van der Waals surface area contributed by atoms with Gasteiger partial charge in [-0.3, -0.25) is 4.79 Å². The summed E-state index contributed by atoms with van der Waals surface area (Å²) in [6.45, 7) is 8.26. The molecule has 7 heteroatoms. The summed E-state index contributed by atoms with van der Waals surface area (Å²) in [5, 5.41) is 6.81. The lowest BCUT2D eigenvalue weighted by Gasteiger charge is -2.54. The van der Waals surface area contributed by atoms with E-state index in [1.807, 2.05) is 9.80 Å². The lowest BCUT2D eigenvalue weighted by atomic mass is 9.73. The van der Waals surface area contributed by atoms with Gasteiger partial charge in [0.05, 0.1) is 12.1 Å². The van der Waals surface area contributed by atoms with Gasteiger partial charge in [-0.25, -0.2) is 4.79 Å². The van der Waals surface area contributed by atoms with Crippen LogP contribution in [-0.2, 0) is 9.53 Å². The molecule has 7 nitrogen and oxygen atoms in total. The summed E-state index contributed by atoms with van der Waals surface area (Å²) in [4.78, 5) is 29.5. The van der Waals surface area contributed by atoms with Gasteiger partial charge < -0.3 is 25.2 Å². The number of hydrogen-bond donors (Lipinski definition) is 2. The molecule has 6 unspecified atom stereocenters. The Bertz CT molecular complexity index is 574. The van der Waals surface area contributed by atoms with Crippen LogP contribution in [0.5, 0.6) is 0 Å². The molecule has 1 aliphatic carbocycles. The fourth-order valence-electron chi connectivity index (χ4n) is 6.05. The predicted octanol–water partition coefficient (Wildman–Crippen LogP) is 1.57. The van der Waals surface area contributed by atoms with Gasteiger partial charge in [-0.2, -0.15) is 0 Å². The number of fused-ring (bicyclic) bond motifs is 1. The maximum atomic E-state index is 13.1. The molecule has 0 radical (unpaired) electrons. The van der Waals surface area contributed by atoms with Gasteiger partial charge in [0.2, 0.25) is 5.91 Å². The number of rotatable bonds is 2. The average molecular weight is 393 g/mol. The largest absolute Gasteiger partial charge is 0.445 e. The monoisotopic (exact) mass is 392 g/mol. The Morgan fingerprint density at radius 1 is 0.964 bits per heavy atom. The molecule has 6 atom stereocenters. The summed E-state index contributed by atoms with van der Waals surface area (Å²) in [5.41, 5.74) is 0. The molecule has 1 saturated carbocycles. The fraction of sp³-hybridized carbons (Fsp3) is 0.905. The van der Waals surface area contributed by atoms with Crippen LogP contribution in [0.15, 0.2) is 0 Å². The second kappa shape index (κ2) is 8.57. The molecule has 3 aliphatic heterocycles. The van der Waals surface area contributed by atoms with Crippen LogP contribution < -0.4 is 10.6 Å². The number of piperazine rings is 1. The highest BCUT2D eigenvalue weighted by molar-refractivity contribution is 5.75. The number of hydrogen-bond acceptors (Lipinski definition) is 5. The van der Waals surface area contributed by atoms with Gasteiger partial charge in [-0.05, 0) is 76.9 Å². The number of amides is 2. The smallest absolute Gasteiger partial charge is 0.410 e. The van der Waals surface area contributed by atoms with Crippen molar-refractivity contribution in [3.8, 4) is 0 Å². The van der Waals surface area contributed by atoms with E-state index in [0.717, 1.165) is 58.3 Å². The predicted molar refractivity (Wildman–Crippen MR) is 107 cm³/mol. The first-order valence-corrected chi connectivity index (χ1v) is 11.2. The minimum atomic E-state index is -0.177. The van der Waals surface area contributed by atoms with Crippen LogP contribution in [0.4, 0.5) is 4.79 Å². The normalized spacial score (nSPS) is 38.8. The van der Waals surface area contributed by atoms with E-state index in [4.69, 9.17) is 4.74 Å². The van der Waals surface area contributed by atoms with Crippen LogP contribution in [0.25, 0.3) is 0 Å². The summed E-state index contributed by atoms with van der Waals surface area (Å²) in [6, 6.07) is 0.257. The van der Waals surface area contributed by atoms with E-state index in [2.05, 4.69) is 17.6 Å². The summed E-state index contributed by atoms with van der Waals surface area (Å²) in [7, 11) is 0. The molecule has 28 heavy (non-hydrogen) atoms. The molecule has 4 fully saturated rings. The van der Waals surface area contributed by atoms with Crippen LogP contribution in [0.1, 0.15) is 52.4 Å². The van der Waals surface area contributed by atoms with Gasteiger partial charge in [0, 0.05) is 26.1 Å². The Labute approximate surface area is 168 Å². The third-order valence-electron chi connectivity index (χ3n) is 7.40. The molecule has 2 N–H and O–H groups in total. The van der Waals surface area contributed by atoms with Crippen molar-refractivity contribution >= 4 is 12.0 Å². The molecule has 0 bridgehead atoms. The van der Waals surface area contributed by atoms with E-state index in [-0.39, 0.29) is 36.2 Å². The molecular formula is C21H36N4O3. The first kappa shape index (κ1) is 20.0. The Morgan fingerprint density at radius 3 is 2.46 bits per heavy atom. The molecule has 2 amide bonds. The van der Waals surface area contributed by atoms with Crippen LogP contribution in [0.3, 0.4) is 0 Å². The zero-order chi connectivity index (χ0) is 19.7. The van der Waals surface area contributed by atoms with E-state index < -0.39 is 0 Å². The lowest BCUT2D eigenvalue weighted by Crippen LogP contribution is -2.67. The van der Waals surface area contributed by atoms with Gasteiger partial charge in [0.25, 0.3) is 0 Å². The van der Waals surface area contributed by atoms with Crippen LogP contribution in [0, 0.1) is 11.8 Å². The molecule has 0 aromatic heterocycles. The highest BCUT2D eigenvalue weighted by Gasteiger charge is 2.48. The molecule has 0 spiro atoms. The number of nitrogens with zero attached hydrogens (tertiary/aromatic N) is 2. The van der Waals surface area contributed by atoms with Crippen molar-refractivity contribution in [1.82, 2.24) is 20.4 Å². The van der Waals surface area contributed by atoms with E-state index in [9.17, 15) is 9.59 Å². The van der Waals surface area contributed by atoms with Crippen molar-refractivity contribution in [2.45, 2.75) is 76.6 Å². The summed E-state index contributed by atoms with van der Waals surface area (Å²) in [6.07, 6.45) is 6.15. The molecular weight excluding hydrogens is 356 g/mol. The van der Waals surface area contributed by atoms with E-state index >= 15 is 0 Å². The number of nitrogens with one attached hydrogen (secondary N) is 2. The minimum Gasteiger partial charge on any atom is -0.445 e. The molecule has 4 rings (SSSR count). The first-order valence-electron chi connectivity index (χ1n) is 11.2. The standard InChI is InChI=1S/C21H36N4O3/c1-14-13-24(21(27)28-18-4-3-8-22-12-18)20-10-16(17-7-9-23-11-17)5-6-19(20)25(14)15(2)26/h14,16-20,22-23H,3-13H2,1-2H3. The Balaban J connectivity index is 1.50. The Morgan fingerprint density at radius 2 is 1.79 bits per heavy atom. The van der Waals surface area contributed by atoms with Crippen LogP contribution in [-0.4, -0.2) is 78.8 Å². The highest BCUT2D eigenvalue weighted by Crippen LogP contribution is 2.40. The van der Waals surface area contributed by atoms with E-state index in [1.165, 1.54) is 6.42 Å². The number of piperidine rings is 1. The zero-order valence-corrected chi connectivity index (χ0v) is 17.4. The van der Waals surface area contributed by atoms with Crippen molar-refractivity contribution in [2.75, 3.05) is 32.7 Å². The molecule has 158 valence electrons. The molecule has 3 heterocycles. The molecule has 4 aliphatic rings. The minimum absolute atomic E-state index is 0.0285. The summed E-state index contributed by atoms with van der Waals surface area (Å²) >= 11 is 0. The van der Waals surface area contributed by atoms with Crippen molar-refractivity contribution in [3.63, 3.8) is 0 Å². The third-order valence-corrected chi connectivity index (χ3v) is 7.40. The van der Waals surface area contributed by atoms with Gasteiger partial charge in [0.15, 0.2) is 0 Å². The number of carbonyl (C=O) groups is 2. The van der Waals surface area contributed by atoms with Crippen molar-refractivity contribution in [1.29, 1.82) is 0 Å². The van der Waals surface area contributed by atoms with Gasteiger partial charge in [0.1, 0.15) is 6.10 Å². The van der Waals surface area contributed by atoms with Gasteiger partial charge in [-0.1, -0.05) is 0 Å². The van der Waals surface area contributed by atoms with Crippen molar-refractivity contribution in [3.05, 3.63) is 0 Å². The fourth-order valence-corrected chi connectivity index (χ4v) is 6.05.